The molecule has 1 atom stereocenters. The standard InChI is InChI=1S/C25H33F2N5O/c1-16(17-9-8-10-18(13-17)25(4,26)27)29-23-28-14-20-21(30-23)32(19-11-6-7-12-19)15-24(2,3)22(33)31(20)5/h8-10,13-14,16,19H,6-7,11-12,15H2,1-5H3,(H,28,29,30)/t16-/m0/s1. The number of benzene rings is 1. The van der Waals surface area contributed by atoms with Crippen LogP contribution in [-0.4, -0.2) is 35.5 Å². The molecule has 1 amide bonds. The van der Waals surface area contributed by atoms with Gasteiger partial charge in [0.2, 0.25) is 11.9 Å². The van der Waals surface area contributed by atoms with E-state index in [-0.39, 0.29) is 17.5 Å². The predicted octanol–water partition coefficient (Wildman–Crippen LogP) is 5.51. The first-order valence-electron chi connectivity index (χ1n) is 11.6. The van der Waals surface area contributed by atoms with Gasteiger partial charge in [-0.2, -0.15) is 4.98 Å². The molecule has 1 saturated carbocycles. The Bertz CT molecular complexity index is 1030. The van der Waals surface area contributed by atoms with Crippen LogP contribution in [0.3, 0.4) is 0 Å². The third-order valence-corrected chi connectivity index (χ3v) is 6.84. The minimum absolute atomic E-state index is 0.0220. The van der Waals surface area contributed by atoms with Crippen LogP contribution in [-0.2, 0) is 10.7 Å². The number of nitrogens with zero attached hydrogens (tertiary/aromatic N) is 4. The summed E-state index contributed by atoms with van der Waals surface area (Å²) in [5.41, 5.74) is 0.855. The lowest BCUT2D eigenvalue weighted by molar-refractivity contribution is -0.125. The highest BCUT2D eigenvalue weighted by atomic mass is 19.3. The summed E-state index contributed by atoms with van der Waals surface area (Å²) in [6.07, 6.45) is 6.19. The van der Waals surface area contributed by atoms with E-state index in [9.17, 15) is 13.6 Å². The van der Waals surface area contributed by atoms with Gasteiger partial charge in [-0.1, -0.05) is 31.0 Å². The minimum Gasteiger partial charge on any atom is -0.351 e. The first kappa shape index (κ1) is 23.4. The van der Waals surface area contributed by atoms with Crippen molar-refractivity contribution in [1.29, 1.82) is 0 Å². The monoisotopic (exact) mass is 457 g/mol. The molecule has 1 aliphatic carbocycles. The van der Waals surface area contributed by atoms with E-state index in [2.05, 4.69) is 15.2 Å². The fourth-order valence-electron chi connectivity index (χ4n) is 4.89. The van der Waals surface area contributed by atoms with Gasteiger partial charge in [-0.15, -0.1) is 0 Å². The lowest BCUT2D eigenvalue weighted by Gasteiger charge is -2.34. The lowest BCUT2D eigenvalue weighted by Crippen LogP contribution is -2.45. The summed E-state index contributed by atoms with van der Waals surface area (Å²) in [5, 5.41) is 3.27. The first-order valence-corrected chi connectivity index (χ1v) is 11.6. The Balaban J connectivity index is 1.67. The van der Waals surface area contributed by atoms with Crippen LogP contribution in [0.5, 0.6) is 0 Å². The summed E-state index contributed by atoms with van der Waals surface area (Å²) < 4.78 is 27.6. The molecule has 1 fully saturated rings. The van der Waals surface area contributed by atoms with Gasteiger partial charge in [-0.05, 0) is 45.2 Å². The zero-order valence-corrected chi connectivity index (χ0v) is 20.0. The summed E-state index contributed by atoms with van der Waals surface area (Å²) in [6, 6.07) is 6.47. The van der Waals surface area contributed by atoms with Gasteiger partial charge in [-0.25, -0.2) is 13.8 Å². The van der Waals surface area contributed by atoms with E-state index in [4.69, 9.17) is 4.98 Å². The Morgan fingerprint density at radius 3 is 2.61 bits per heavy atom. The van der Waals surface area contributed by atoms with Crippen LogP contribution in [0.15, 0.2) is 30.5 Å². The summed E-state index contributed by atoms with van der Waals surface area (Å²) >= 11 is 0. The number of fused-ring (bicyclic) bond motifs is 1. The summed E-state index contributed by atoms with van der Waals surface area (Å²) in [4.78, 5) is 26.4. The molecule has 2 aromatic rings. The van der Waals surface area contributed by atoms with Gasteiger partial charge < -0.3 is 15.1 Å². The predicted molar refractivity (Wildman–Crippen MR) is 127 cm³/mol. The summed E-state index contributed by atoms with van der Waals surface area (Å²) in [5.74, 6) is -1.69. The number of carbonyl (C=O) groups is 1. The molecule has 8 heteroatoms. The molecule has 1 aromatic carbocycles. The molecule has 2 heterocycles. The third-order valence-electron chi connectivity index (χ3n) is 6.84. The SMILES string of the molecule is C[C@H](Nc1ncc2c(n1)N(C1CCCC1)CC(C)(C)C(=O)N2C)c1cccc(C(C)(F)F)c1. The van der Waals surface area contributed by atoms with Crippen molar-refractivity contribution >= 4 is 23.4 Å². The van der Waals surface area contributed by atoms with Gasteiger partial charge >= 0.3 is 0 Å². The third kappa shape index (κ3) is 4.66. The Morgan fingerprint density at radius 1 is 1.24 bits per heavy atom. The molecule has 0 saturated heterocycles. The fraction of sp³-hybridized carbons (Fsp3) is 0.560. The van der Waals surface area contributed by atoms with E-state index in [1.165, 1.54) is 25.0 Å². The van der Waals surface area contributed by atoms with Gasteiger partial charge in [0.1, 0.15) is 5.69 Å². The fourth-order valence-corrected chi connectivity index (χ4v) is 4.89. The summed E-state index contributed by atoms with van der Waals surface area (Å²) in [7, 11) is 1.77. The molecule has 0 radical (unpaired) electrons. The molecule has 0 unspecified atom stereocenters. The van der Waals surface area contributed by atoms with Crippen molar-refractivity contribution in [3.63, 3.8) is 0 Å². The number of hydrogen-bond donors (Lipinski definition) is 1. The number of anilines is 3. The number of halogens is 2. The second-order valence-electron chi connectivity index (χ2n) is 10.1. The van der Waals surface area contributed by atoms with E-state index >= 15 is 0 Å². The molecule has 2 aliphatic rings. The van der Waals surface area contributed by atoms with Crippen LogP contribution >= 0.6 is 0 Å². The molecule has 178 valence electrons. The van der Waals surface area contributed by atoms with E-state index in [0.29, 0.717) is 24.2 Å². The molecule has 33 heavy (non-hydrogen) atoms. The molecule has 0 bridgehead atoms. The average molecular weight is 458 g/mol. The molecule has 4 rings (SSSR count). The van der Waals surface area contributed by atoms with Crippen LogP contribution in [0.4, 0.5) is 26.2 Å². The quantitative estimate of drug-likeness (QED) is 0.641. The second kappa shape index (κ2) is 8.54. The van der Waals surface area contributed by atoms with Crippen molar-refractivity contribution in [2.45, 2.75) is 71.4 Å². The van der Waals surface area contributed by atoms with Crippen LogP contribution in [0.2, 0.25) is 0 Å². The van der Waals surface area contributed by atoms with Crippen LogP contribution in [0.1, 0.15) is 70.5 Å². The van der Waals surface area contributed by atoms with Crippen LogP contribution in [0, 0.1) is 5.41 Å². The first-order chi connectivity index (χ1) is 15.5. The smallest absolute Gasteiger partial charge is 0.270 e. The van der Waals surface area contributed by atoms with E-state index in [0.717, 1.165) is 31.1 Å². The van der Waals surface area contributed by atoms with Crippen molar-refractivity contribution in [2.75, 3.05) is 28.7 Å². The van der Waals surface area contributed by atoms with Crippen molar-refractivity contribution in [1.82, 2.24) is 9.97 Å². The number of hydrogen-bond acceptors (Lipinski definition) is 5. The number of nitrogens with one attached hydrogen (secondary N) is 1. The highest BCUT2D eigenvalue weighted by Crippen LogP contribution is 2.40. The topological polar surface area (TPSA) is 61.4 Å². The van der Waals surface area contributed by atoms with Crippen LogP contribution in [0.25, 0.3) is 0 Å². The number of aromatic nitrogens is 2. The Hall–Kier alpha value is -2.77. The molecule has 0 spiro atoms. The van der Waals surface area contributed by atoms with Crippen molar-refractivity contribution in [3.8, 4) is 0 Å². The lowest BCUT2D eigenvalue weighted by atomic mass is 9.91. The van der Waals surface area contributed by atoms with E-state index in [1.54, 1.807) is 24.2 Å². The molecule has 1 N–H and O–H groups in total. The van der Waals surface area contributed by atoms with E-state index < -0.39 is 11.3 Å². The van der Waals surface area contributed by atoms with Crippen molar-refractivity contribution < 1.29 is 13.6 Å². The molecular formula is C25H33F2N5O. The Morgan fingerprint density at radius 2 is 1.94 bits per heavy atom. The molecular weight excluding hydrogens is 424 g/mol. The minimum atomic E-state index is -2.90. The normalized spacial score (nSPS) is 19.9. The maximum absolute atomic E-state index is 13.8. The Kier molecular flexibility index (Phi) is 6.05. The highest BCUT2D eigenvalue weighted by Gasteiger charge is 2.41. The molecule has 6 nitrogen and oxygen atoms in total. The van der Waals surface area contributed by atoms with Gasteiger partial charge in [0.25, 0.3) is 5.92 Å². The number of alkyl halides is 2. The van der Waals surface area contributed by atoms with Crippen LogP contribution < -0.4 is 15.1 Å². The maximum atomic E-state index is 13.8. The maximum Gasteiger partial charge on any atom is 0.270 e. The van der Waals surface area contributed by atoms with E-state index in [1.807, 2.05) is 26.8 Å². The number of rotatable bonds is 5. The number of amides is 1. The molecule has 1 aromatic heterocycles. The van der Waals surface area contributed by atoms with Gasteiger partial charge in [0.15, 0.2) is 5.82 Å². The highest BCUT2D eigenvalue weighted by molar-refractivity contribution is 6.00. The summed E-state index contributed by atoms with van der Waals surface area (Å²) in [6.45, 7) is 7.34. The Labute approximate surface area is 194 Å². The zero-order chi connectivity index (χ0) is 24.0. The zero-order valence-electron chi connectivity index (χ0n) is 20.0. The van der Waals surface area contributed by atoms with Gasteiger partial charge in [0, 0.05) is 32.1 Å². The largest absolute Gasteiger partial charge is 0.351 e. The van der Waals surface area contributed by atoms with Gasteiger partial charge in [0.05, 0.1) is 17.7 Å². The molecule has 1 aliphatic heterocycles. The number of carbonyl (C=O) groups excluding carboxylic acids is 1. The van der Waals surface area contributed by atoms with Crippen molar-refractivity contribution in [2.24, 2.45) is 5.41 Å². The average Bonchev–Trinajstić information content (AvgIpc) is 3.28. The second-order valence-corrected chi connectivity index (χ2v) is 10.1. The van der Waals surface area contributed by atoms with Crippen molar-refractivity contribution in [3.05, 3.63) is 41.6 Å². The van der Waals surface area contributed by atoms with Gasteiger partial charge in [-0.3, -0.25) is 4.79 Å².